The number of benzene rings is 1. The average Bonchev–Trinajstić information content (AvgIpc) is 2.45. The molecule has 2 aromatic rings. The van der Waals surface area contributed by atoms with Crippen LogP contribution in [0.1, 0.15) is 32.8 Å². The number of aromatic nitrogens is 1. The maximum Gasteiger partial charge on any atom is 0.126 e. The Bertz CT molecular complexity index is 646. The minimum absolute atomic E-state index is 0.0195. The Morgan fingerprint density at radius 2 is 2.00 bits per heavy atom. The summed E-state index contributed by atoms with van der Waals surface area (Å²) in [5.74, 6) is 0.0528. The molecule has 0 aliphatic heterocycles. The van der Waals surface area contributed by atoms with Gasteiger partial charge in [0.2, 0.25) is 0 Å². The third-order valence-corrected chi connectivity index (χ3v) is 4.15. The molecule has 0 aliphatic carbocycles. The van der Waals surface area contributed by atoms with E-state index in [9.17, 15) is 0 Å². The van der Waals surface area contributed by atoms with Gasteiger partial charge in [0.1, 0.15) is 5.84 Å². The lowest BCUT2D eigenvalue weighted by Crippen LogP contribution is -2.41. The lowest BCUT2D eigenvalue weighted by molar-refractivity contribution is 0.471. The van der Waals surface area contributed by atoms with Crippen molar-refractivity contribution in [1.29, 1.82) is 5.41 Å². The van der Waals surface area contributed by atoms with Crippen molar-refractivity contribution in [3.63, 3.8) is 0 Å². The summed E-state index contributed by atoms with van der Waals surface area (Å²) in [7, 11) is 2.05. The summed E-state index contributed by atoms with van der Waals surface area (Å²) < 4.78 is 0. The van der Waals surface area contributed by atoms with Crippen LogP contribution < -0.4 is 10.6 Å². The number of nitrogen functional groups attached to an aromatic ring is 1. The van der Waals surface area contributed by atoms with Gasteiger partial charge in [0.05, 0.1) is 16.8 Å². The van der Waals surface area contributed by atoms with Gasteiger partial charge in [0.25, 0.3) is 0 Å². The number of nitrogens with two attached hydrogens (primary N) is 1. The summed E-state index contributed by atoms with van der Waals surface area (Å²) in [6, 6.07) is 7.98. The predicted octanol–water partition coefficient (Wildman–Crippen LogP) is 3.14. The fourth-order valence-electron chi connectivity index (χ4n) is 2.23. The van der Waals surface area contributed by atoms with Crippen LogP contribution in [0.4, 0.5) is 5.69 Å². The van der Waals surface area contributed by atoms with Gasteiger partial charge in [-0.05, 0) is 26.3 Å². The monoisotopic (exact) mass is 270 g/mol. The first-order valence-electron chi connectivity index (χ1n) is 6.84. The van der Waals surface area contributed by atoms with Crippen LogP contribution in [0.25, 0.3) is 10.9 Å². The van der Waals surface area contributed by atoms with Crippen LogP contribution in [0.5, 0.6) is 0 Å². The Morgan fingerprint density at radius 1 is 1.35 bits per heavy atom. The number of nitrogens with zero attached hydrogens (tertiary/aromatic N) is 2. The van der Waals surface area contributed by atoms with Crippen molar-refractivity contribution in [2.75, 3.05) is 11.9 Å². The lowest BCUT2D eigenvalue weighted by atomic mass is 9.96. The molecular formula is C16H22N4. The highest BCUT2D eigenvalue weighted by Crippen LogP contribution is 2.33. The molecule has 0 saturated carbocycles. The van der Waals surface area contributed by atoms with E-state index < -0.39 is 0 Å². The van der Waals surface area contributed by atoms with E-state index in [1.807, 2.05) is 24.3 Å². The van der Waals surface area contributed by atoms with Crippen molar-refractivity contribution in [1.82, 2.24) is 4.98 Å². The van der Waals surface area contributed by atoms with Crippen molar-refractivity contribution in [2.45, 2.75) is 32.7 Å². The Morgan fingerprint density at radius 3 is 2.60 bits per heavy atom. The molecule has 0 aliphatic rings. The van der Waals surface area contributed by atoms with Gasteiger partial charge in [0.15, 0.2) is 0 Å². The molecule has 20 heavy (non-hydrogen) atoms. The minimum atomic E-state index is -0.0195. The molecule has 1 aromatic carbocycles. The highest BCUT2D eigenvalue weighted by Gasteiger charge is 2.26. The lowest BCUT2D eigenvalue weighted by Gasteiger charge is -2.38. The van der Waals surface area contributed by atoms with E-state index in [0.29, 0.717) is 5.56 Å². The Labute approximate surface area is 120 Å². The molecule has 0 unspecified atom stereocenters. The first-order chi connectivity index (χ1) is 9.38. The predicted molar refractivity (Wildman–Crippen MR) is 85.5 cm³/mol. The van der Waals surface area contributed by atoms with Crippen molar-refractivity contribution >= 4 is 22.4 Å². The zero-order valence-electron chi connectivity index (χ0n) is 12.6. The van der Waals surface area contributed by atoms with Gasteiger partial charge in [0, 0.05) is 24.2 Å². The van der Waals surface area contributed by atoms with E-state index in [1.165, 1.54) is 0 Å². The number of amidine groups is 1. The second kappa shape index (κ2) is 5.12. The Kier molecular flexibility index (Phi) is 3.66. The number of fused-ring (bicyclic) bond motifs is 1. The summed E-state index contributed by atoms with van der Waals surface area (Å²) in [6.07, 6.45) is 2.69. The molecule has 2 rings (SSSR count). The molecule has 0 spiro atoms. The molecule has 0 saturated heterocycles. The number of pyridine rings is 1. The van der Waals surface area contributed by atoms with E-state index in [-0.39, 0.29) is 11.4 Å². The Balaban J connectivity index is 2.76. The second-order valence-electron chi connectivity index (χ2n) is 5.68. The number of nitrogens with one attached hydrogen (secondary N) is 1. The smallest absolute Gasteiger partial charge is 0.126 e. The topological polar surface area (TPSA) is 66.0 Å². The molecule has 4 nitrogen and oxygen atoms in total. The number of hydrogen-bond donors (Lipinski definition) is 2. The quantitative estimate of drug-likeness (QED) is 0.662. The second-order valence-corrected chi connectivity index (χ2v) is 5.68. The molecule has 1 aromatic heterocycles. The van der Waals surface area contributed by atoms with Crippen LogP contribution in [0.15, 0.2) is 30.5 Å². The molecule has 0 radical (unpaired) electrons. The van der Waals surface area contributed by atoms with Gasteiger partial charge < -0.3 is 10.6 Å². The molecule has 0 bridgehead atoms. The third-order valence-electron chi connectivity index (χ3n) is 4.15. The van der Waals surface area contributed by atoms with Crippen molar-refractivity contribution in [2.24, 2.45) is 5.73 Å². The average molecular weight is 270 g/mol. The van der Waals surface area contributed by atoms with E-state index in [0.717, 1.165) is 23.0 Å². The van der Waals surface area contributed by atoms with Crippen molar-refractivity contribution in [3.05, 3.63) is 36.0 Å². The zero-order valence-corrected chi connectivity index (χ0v) is 12.6. The molecule has 1 heterocycles. The number of para-hydroxylation sites is 1. The summed E-state index contributed by atoms with van der Waals surface area (Å²) in [5, 5.41) is 8.85. The van der Waals surface area contributed by atoms with Gasteiger partial charge >= 0.3 is 0 Å². The van der Waals surface area contributed by atoms with Crippen LogP contribution in [-0.2, 0) is 0 Å². The third kappa shape index (κ3) is 2.33. The molecule has 4 heteroatoms. The first kappa shape index (κ1) is 14.3. The van der Waals surface area contributed by atoms with Gasteiger partial charge in [-0.2, -0.15) is 0 Å². The molecule has 0 fully saturated rings. The van der Waals surface area contributed by atoms with E-state index >= 15 is 0 Å². The number of hydrogen-bond acceptors (Lipinski definition) is 3. The van der Waals surface area contributed by atoms with Crippen LogP contribution in [-0.4, -0.2) is 23.4 Å². The normalized spacial score (nSPS) is 11.6. The molecule has 0 amide bonds. The molecule has 106 valence electrons. The molecular weight excluding hydrogens is 248 g/mol. The maximum absolute atomic E-state index is 7.82. The minimum Gasteiger partial charge on any atom is -0.384 e. The van der Waals surface area contributed by atoms with Crippen LogP contribution in [0.2, 0.25) is 0 Å². The zero-order chi connectivity index (χ0) is 14.9. The molecule has 0 atom stereocenters. The van der Waals surface area contributed by atoms with Crippen molar-refractivity contribution in [3.8, 4) is 0 Å². The van der Waals surface area contributed by atoms with Crippen LogP contribution in [0, 0.1) is 5.41 Å². The fourth-order valence-corrected chi connectivity index (χ4v) is 2.23. The fraction of sp³-hybridized carbons (Fsp3) is 0.375. The first-order valence-corrected chi connectivity index (χ1v) is 6.84. The highest BCUT2D eigenvalue weighted by molar-refractivity contribution is 6.07. The summed E-state index contributed by atoms with van der Waals surface area (Å²) in [5.41, 5.74) is 8.32. The van der Waals surface area contributed by atoms with Crippen LogP contribution in [0.3, 0.4) is 0 Å². The standard InChI is InChI=1S/C16H22N4/c1-5-16(2,3)20(4)14-11-8-6-7-9-13(11)19-10-12(14)15(17)18/h6-10H,5H2,1-4H3,(H3,17,18). The summed E-state index contributed by atoms with van der Waals surface area (Å²) >= 11 is 0. The SMILES string of the molecule is CCC(C)(C)N(C)c1c(C(=N)N)cnc2ccccc12. The largest absolute Gasteiger partial charge is 0.384 e. The summed E-state index contributed by atoms with van der Waals surface area (Å²) in [6.45, 7) is 6.53. The number of anilines is 1. The van der Waals surface area contributed by atoms with Crippen LogP contribution >= 0.6 is 0 Å². The van der Waals surface area contributed by atoms with E-state index in [1.54, 1.807) is 6.20 Å². The van der Waals surface area contributed by atoms with Gasteiger partial charge in [-0.25, -0.2) is 0 Å². The van der Waals surface area contributed by atoms with Gasteiger partial charge in [-0.1, -0.05) is 25.1 Å². The summed E-state index contributed by atoms with van der Waals surface area (Å²) in [4.78, 5) is 6.61. The van der Waals surface area contributed by atoms with Gasteiger partial charge in [-0.3, -0.25) is 10.4 Å². The maximum atomic E-state index is 7.82. The van der Waals surface area contributed by atoms with E-state index in [2.05, 4.69) is 37.7 Å². The highest BCUT2D eigenvalue weighted by atomic mass is 15.2. The van der Waals surface area contributed by atoms with Crippen molar-refractivity contribution < 1.29 is 0 Å². The Hall–Kier alpha value is -2.10. The number of rotatable bonds is 4. The van der Waals surface area contributed by atoms with E-state index in [4.69, 9.17) is 11.1 Å². The molecule has 3 N–H and O–H groups in total. The van der Waals surface area contributed by atoms with Gasteiger partial charge in [-0.15, -0.1) is 0 Å².